The van der Waals surface area contributed by atoms with Gasteiger partial charge in [0.05, 0.1) is 23.8 Å². The van der Waals surface area contributed by atoms with Crippen molar-refractivity contribution in [1.29, 1.82) is 0 Å². The highest BCUT2D eigenvalue weighted by atomic mass is 32.2. The number of ether oxygens (including phenoxy) is 2. The van der Waals surface area contributed by atoms with Crippen LogP contribution in [0, 0.1) is 0 Å². The zero-order chi connectivity index (χ0) is 22.4. The molecule has 3 heterocycles. The lowest BCUT2D eigenvalue weighted by molar-refractivity contribution is -0.0949. The molecule has 1 amide bonds. The van der Waals surface area contributed by atoms with Gasteiger partial charge in [0, 0.05) is 12.0 Å². The largest absolute Gasteiger partial charge is 0.497 e. The van der Waals surface area contributed by atoms with Crippen molar-refractivity contribution in [3.63, 3.8) is 0 Å². The van der Waals surface area contributed by atoms with E-state index in [1.807, 2.05) is 71.7 Å². The molecule has 6 nitrogen and oxygen atoms in total. The van der Waals surface area contributed by atoms with Gasteiger partial charge in [0.1, 0.15) is 11.5 Å². The lowest BCUT2D eigenvalue weighted by Crippen LogP contribution is -2.61. The molecule has 2 atom stereocenters. The quantitative estimate of drug-likeness (QED) is 0.574. The van der Waals surface area contributed by atoms with Gasteiger partial charge in [0.2, 0.25) is 0 Å². The summed E-state index contributed by atoms with van der Waals surface area (Å²) in [5, 5.41) is 9.83. The number of amides is 1. The Labute approximate surface area is 195 Å². The smallest absolute Gasteiger partial charge is 0.314 e. The standard InChI is InChI=1S/C26H21N3O3S/c1-31-19-13-11-17(12-14-19)15-24-26(27-25(30)33-24)29-22(20-9-5-6-10-23(20)32-26)16-21(28-29)18-7-3-2-4-8-18/h2-15,22H,16H2,1H3,(H,27,30)/b24-15-/t22-,26+/m0/s1. The van der Waals surface area contributed by atoms with Crippen molar-refractivity contribution >= 4 is 28.8 Å². The van der Waals surface area contributed by atoms with E-state index in [2.05, 4.69) is 23.5 Å². The van der Waals surface area contributed by atoms with Crippen LogP contribution in [0.15, 0.2) is 88.9 Å². The van der Waals surface area contributed by atoms with Gasteiger partial charge in [0.25, 0.3) is 5.24 Å². The van der Waals surface area contributed by atoms with E-state index in [1.54, 1.807) is 7.11 Å². The van der Waals surface area contributed by atoms with Crippen LogP contribution in [0.1, 0.15) is 29.2 Å². The number of hydrogen-bond acceptors (Lipinski definition) is 6. The second-order valence-corrected chi connectivity index (χ2v) is 9.07. The van der Waals surface area contributed by atoms with Crippen LogP contribution in [-0.2, 0) is 0 Å². The molecule has 3 aliphatic rings. The third-order valence-corrected chi connectivity index (χ3v) is 7.00. The summed E-state index contributed by atoms with van der Waals surface area (Å²) in [5.74, 6) is 0.336. The average Bonchev–Trinajstić information content (AvgIpc) is 3.43. The maximum absolute atomic E-state index is 12.7. The number of thioether (sulfide) groups is 1. The number of fused-ring (bicyclic) bond motifs is 4. The fraction of sp³-hybridized carbons (Fsp3) is 0.154. The van der Waals surface area contributed by atoms with Gasteiger partial charge in [-0.2, -0.15) is 5.10 Å². The van der Waals surface area contributed by atoms with Crippen molar-refractivity contribution in [3.8, 4) is 11.5 Å². The number of hydrazone groups is 1. The third-order valence-electron chi connectivity index (χ3n) is 6.10. The summed E-state index contributed by atoms with van der Waals surface area (Å²) in [7, 11) is 1.64. The zero-order valence-electron chi connectivity index (χ0n) is 17.9. The van der Waals surface area contributed by atoms with Gasteiger partial charge < -0.3 is 9.47 Å². The molecule has 1 fully saturated rings. The minimum absolute atomic E-state index is 0.0524. The lowest BCUT2D eigenvalue weighted by Gasteiger charge is -2.45. The lowest BCUT2D eigenvalue weighted by atomic mass is 9.95. The fourth-order valence-electron chi connectivity index (χ4n) is 4.52. The SMILES string of the molecule is COc1ccc(/C=C2\SC(=O)N[C@]23Oc2ccccc2[C@@H]2CC(c4ccccc4)=NN23)cc1. The molecule has 0 saturated carbocycles. The molecule has 3 aromatic rings. The van der Waals surface area contributed by atoms with Gasteiger partial charge in [0.15, 0.2) is 0 Å². The number of hydrogen-bond donors (Lipinski definition) is 1. The normalized spacial score (nSPS) is 24.2. The second kappa shape index (κ2) is 7.71. The summed E-state index contributed by atoms with van der Waals surface area (Å²) in [4.78, 5) is 13.5. The molecule has 1 saturated heterocycles. The minimum atomic E-state index is -1.20. The summed E-state index contributed by atoms with van der Waals surface area (Å²) in [6.45, 7) is 0. The van der Waals surface area contributed by atoms with Crippen LogP contribution in [0.4, 0.5) is 4.79 Å². The molecule has 1 N–H and O–H groups in total. The van der Waals surface area contributed by atoms with Gasteiger partial charge in [-0.05, 0) is 47.2 Å². The molecule has 3 aromatic carbocycles. The molecule has 6 rings (SSSR count). The number of methoxy groups -OCH3 is 1. The van der Waals surface area contributed by atoms with Crippen LogP contribution in [0.2, 0.25) is 0 Å². The van der Waals surface area contributed by atoms with E-state index < -0.39 is 5.85 Å². The summed E-state index contributed by atoms with van der Waals surface area (Å²) < 4.78 is 11.8. The highest BCUT2D eigenvalue weighted by Gasteiger charge is 2.58. The maximum Gasteiger partial charge on any atom is 0.314 e. The Hall–Kier alpha value is -3.71. The van der Waals surface area contributed by atoms with E-state index in [0.29, 0.717) is 0 Å². The molecule has 1 spiro atoms. The van der Waals surface area contributed by atoms with E-state index >= 15 is 0 Å². The van der Waals surface area contributed by atoms with Gasteiger partial charge in [-0.1, -0.05) is 60.7 Å². The van der Waals surface area contributed by atoms with Crippen molar-refractivity contribution in [2.45, 2.75) is 18.3 Å². The molecular formula is C26H21N3O3S. The number of para-hydroxylation sites is 1. The first-order valence-electron chi connectivity index (χ1n) is 10.7. The van der Waals surface area contributed by atoms with Crippen molar-refractivity contribution in [3.05, 3.63) is 100 Å². The number of rotatable bonds is 3. The van der Waals surface area contributed by atoms with Crippen LogP contribution in [0.5, 0.6) is 11.5 Å². The first-order chi connectivity index (χ1) is 16.2. The van der Waals surface area contributed by atoms with Crippen molar-refractivity contribution in [1.82, 2.24) is 10.3 Å². The van der Waals surface area contributed by atoms with Gasteiger partial charge >= 0.3 is 5.85 Å². The Morgan fingerprint density at radius 1 is 1.09 bits per heavy atom. The van der Waals surface area contributed by atoms with Crippen LogP contribution in [0.25, 0.3) is 6.08 Å². The van der Waals surface area contributed by atoms with E-state index in [0.717, 1.165) is 57.0 Å². The number of nitrogens with zero attached hydrogens (tertiary/aromatic N) is 2. The Morgan fingerprint density at radius 3 is 2.64 bits per heavy atom. The van der Waals surface area contributed by atoms with Gasteiger partial charge in [-0.25, -0.2) is 5.01 Å². The molecule has 0 unspecified atom stereocenters. The predicted octanol–water partition coefficient (Wildman–Crippen LogP) is 5.39. The summed E-state index contributed by atoms with van der Waals surface area (Å²) in [6.07, 6.45) is 2.70. The first kappa shape index (κ1) is 19.9. The molecule has 0 radical (unpaired) electrons. The van der Waals surface area contributed by atoms with Crippen molar-refractivity contribution < 1.29 is 14.3 Å². The number of benzene rings is 3. The topological polar surface area (TPSA) is 63.2 Å². The molecular weight excluding hydrogens is 434 g/mol. The van der Waals surface area contributed by atoms with E-state index in [4.69, 9.17) is 14.6 Å². The highest BCUT2D eigenvalue weighted by molar-refractivity contribution is 8.17. The van der Waals surface area contributed by atoms with Crippen molar-refractivity contribution in [2.75, 3.05) is 7.11 Å². The van der Waals surface area contributed by atoms with Crippen LogP contribution in [-0.4, -0.2) is 28.9 Å². The first-order valence-corrected chi connectivity index (χ1v) is 11.5. The van der Waals surface area contributed by atoms with E-state index in [9.17, 15) is 4.79 Å². The summed E-state index contributed by atoms with van der Waals surface area (Å²) in [5.41, 5.74) is 4.04. The molecule has 0 aromatic heterocycles. The minimum Gasteiger partial charge on any atom is -0.497 e. The third kappa shape index (κ3) is 3.27. The molecule has 0 bridgehead atoms. The highest BCUT2D eigenvalue weighted by Crippen LogP contribution is 2.52. The number of carbonyl (C=O) groups excluding carboxylic acids is 1. The average molecular weight is 456 g/mol. The molecule has 164 valence electrons. The second-order valence-electron chi connectivity index (χ2n) is 8.06. The van der Waals surface area contributed by atoms with Gasteiger partial charge in [-0.3, -0.25) is 10.1 Å². The van der Waals surface area contributed by atoms with Crippen LogP contribution < -0.4 is 14.8 Å². The Kier molecular flexibility index (Phi) is 4.66. The Morgan fingerprint density at radius 2 is 1.85 bits per heavy atom. The summed E-state index contributed by atoms with van der Waals surface area (Å²) >= 11 is 1.14. The van der Waals surface area contributed by atoms with Gasteiger partial charge in [-0.15, -0.1) is 0 Å². The number of nitrogens with one attached hydrogen (secondary N) is 1. The monoisotopic (exact) mass is 455 g/mol. The van der Waals surface area contributed by atoms with E-state index in [1.165, 1.54) is 0 Å². The molecule has 0 aliphatic carbocycles. The molecule has 3 aliphatic heterocycles. The molecule has 33 heavy (non-hydrogen) atoms. The number of carbonyl (C=O) groups is 1. The predicted molar refractivity (Wildman–Crippen MR) is 129 cm³/mol. The summed E-state index contributed by atoms with van der Waals surface area (Å²) in [6, 6.07) is 25.8. The van der Waals surface area contributed by atoms with Crippen LogP contribution >= 0.6 is 11.8 Å². The Balaban J connectivity index is 1.49. The zero-order valence-corrected chi connectivity index (χ0v) is 18.7. The van der Waals surface area contributed by atoms with Crippen molar-refractivity contribution in [2.24, 2.45) is 5.10 Å². The maximum atomic E-state index is 12.7. The van der Waals surface area contributed by atoms with E-state index in [-0.39, 0.29) is 11.3 Å². The Bertz CT molecular complexity index is 1290. The molecule has 7 heteroatoms. The fourth-order valence-corrected chi connectivity index (χ4v) is 5.43. The van der Waals surface area contributed by atoms with Crippen LogP contribution in [0.3, 0.4) is 0 Å².